The summed E-state index contributed by atoms with van der Waals surface area (Å²) in [7, 11) is 0. The third-order valence-corrected chi connectivity index (χ3v) is 7.12. The van der Waals surface area contributed by atoms with Gasteiger partial charge in [0.05, 0.1) is 12.6 Å². The van der Waals surface area contributed by atoms with Crippen molar-refractivity contribution < 1.29 is 4.74 Å². The van der Waals surface area contributed by atoms with Gasteiger partial charge < -0.3 is 15.4 Å². The SMILES string of the molecule is CCNC(=NCc1ncc(CC)s1)NC1C2CCOC2C12CCC2. The zero-order valence-electron chi connectivity index (χ0n) is 14.7. The fourth-order valence-corrected chi connectivity index (χ4v) is 5.44. The Bertz CT molecular complexity index is 610. The number of thiazole rings is 1. The number of nitrogens with one attached hydrogen (secondary N) is 2. The molecule has 2 N–H and O–H groups in total. The smallest absolute Gasteiger partial charge is 0.191 e. The van der Waals surface area contributed by atoms with E-state index in [1.165, 1.54) is 30.6 Å². The highest BCUT2D eigenvalue weighted by atomic mass is 32.1. The zero-order chi connectivity index (χ0) is 16.6. The summed E-state index contributed by atoms with van der Waals surface area (Å²) in [6.07, 6.45) is 8.67. The topological polar surface area (TPSA) is 58.5 Å². The van der Waals surface area contributed by atoms with E-state index < -0.39 is 0 Å². The lowest BCUT2D eigenvalue weighted by atomic mass is 9.46. The minimum Gasteiger partial charge on any atom is -0.377 e. The Morgan fingerprint density at radius 3 is 3.00 bits per heavy atom. The molecule has 3 aliphatic rings. The first kappa shape index (κ1) is 16.3. The molecule has 1 aromatic heterocycles. The van der Waals surface area contributed by atoms with Crippen LogP contribution in [0.1, 0.15) is 49.4 Å². The molecule has 1 aromatic rings. The molecule has 2 heterocycles. The number of aliphatic imine (C=N–C) groups is 1. The average molecular weight is 349 g/mol. The van der Waals surface area contributed by atoms with Crippen LogP contribution in [0, 0.1) is 11.3 Å². The Balaban J connectivity index is 1.44. The van der Waals surface area contributed by atoms with E-state index in [1.807, 2.05) is 6.20 Å². The maximum atomic E-state index is 6.02. The van der Waals surface area contributed by atoms with Crippen LogP contribution in [0.4, 0.5) is 0 Å². The third kappa shape index (κ3) is 2.64. The van der Waals surface area contributed by atoms with Crippen molar-refractivity contribution in [3.05, 3.63) is 16.1 Å². The molecular formula is C18H28N4OS. The minimum atomic E-state index is 0.383. The predicted octanol–water partition coefficient (Wildman–Crippen LogP) is 2.72. The van der Waals surface area contributed by atoms with Gasteiger partial charge in [-0.2, -0.15) is 0 Å². The molecule has 0 amide bonds. The highest BCUT2D eigenvalue weighted by Crippen LogP contribution is 2.62. The molecule has 3 unspecified atom stereocenters. The van der Waals surface area contributed by atoms with Gasteiger partial charge in [0.1, 0.15) is 5.01 Å². The first-order valence-electron chi connectivity index (χ1n) is 9.37. The van der Waals surface area contributed by atoms with Crippen LogP contribution in [-0.4, -0.2) is 36.2 Å². The molecule has 4 rings (SSSR count). The lowest BCUT2D eigenvalue weighted by Gasteiger charge is -2.63. The van der Waals surface area contributed by atoms with Gasteiger partial charge in [-0.3, -0.25) is 0 Å². The summed E-state index contributed by atoms with van der Waals surface area (Å²) in [5.41, 5.74) is 0.383. The van der Waals surface area contributed by atoms with Gasteiger partial charge in [-0.05, 0) is 32.6 Å². The molecule has 132 valence electrons. The van der Waals surface area contributed by atoms with Crippen LogP contribution >= 0.6 is 11.3 Å². The summed E-state index contributed by atoms with van der Waals surface area (Å²) >= 11 is 1.77. The van der Waals surface area contributed by atoms with Gasteiger partial charge >= 0.3 is 0 Å². The molecule has 5 nitrogen and oxygen atoms in total. The van der Waals surface area contributed by atoms with Crippen LogP contribution in [0.5, 0.6) is 0 Å². The van der Waals surface area contributed by atoms with Gasteiger partial charge in [0, 0.05) is 41.6 Å². The van der Waals surface area contributed by atoms with Crippen molar-refractivity contribution in [1.82, 2.24) is 15.6 Å². The second kappa shape index (κ2) is 6.64. The van der Waals surface area contributed by atoms with Gasteiger partial charge in [0.2, 0.25) is 0 Å². The first-order valence-corrected chi connectivity index (χ1v) is 10.2. The molecule has 6 heteroatoms. The zero-order valence-corrected chi connectivity index (χ0v) is 15.5. The van der Waals surface area contributed by atoms with Crippen LogP contribution in [0.25, 0.3) is 0 Å². The van der Waals surface area contributed by atoms with Crippen LogP contribution in [0.2, 0.25) is 0 Å². The third-order valence-electron chi connectivity index (χ3n) is 5.99. The molecule has 0 bridgehead atoms. The summed E-state index contributed by atoms with van der Waals surface area (Å²) in [6.45, 7) is 6.76. The lowest BCUT2D eigenvalue weighted by molar-refractivity contribution is -0.171. The number of fused-ring (bicyclic) bond motifs is 2. The number of hydrogen-bond acceptors (Lipinski definition) is 4. The quantitative estimate of drug-likeness (QED) is 0.634. The first-order chi connectivity index (χ1) is 11.8. The Hall–Kier alpha value is -1.14. The van der Waals surface area contributed by atoms with Crippen LogP contribution in [-0.2, 0) is 17.7 Å². The van der Waals surface area contributed by atoms with Gasteiger partial charge in [-0.15, -0.1) is 11.3 Å². The summed E-state index contributed by atoms with van der Waals surface area (Å²) in [6, 6.07) is 0.527. The second-order valence-electron chi connectivity index (χ2n) is 7.22. The van der Waals surface area contributed by atoms with E-state index in [2.05, 4.69) is 29.5 Å². The van der Waals surface area contributed by atoms with Crippen molar-refractivity contribution in [1.29, 1.82) is 0 Å². The fourth-order valence-electron chi connectivity index (χ4n) is 4.65. The second-order valence-corrected chi connectivity index (χ2v) is 8.42. The molecule has 0 aromatic carbocycles. The van der Waals surface area contributed by atoms with Crippen molar-refractivity contribution in [2.75, 3.05) is 13.2 Å². The standard InChI is InChI=1S/C18H28N4OS/c1-3-12-10-20-14(24-12)11-21-17(19-4-2)22-15-13-6-9-23-16(13)18(15)7-5-8-18/h10,13,15-16H,3-9,11H2,1-2H3,(H2,19,21,22). The highest BCUT2D eigenvalue weighted by Gasteiger charge is 2.66. The number of nitrogens with zero attached hydrogens (tertiary/aromatic N) is 2. The Kier molecular flexibility index (Phi) is 4.52. The predicted molar refractivity (Wildman–Crippen MR) is 97.4 cm³/mol. The van der Waals surface area contributed by atoms with Crippen molar-refractivity contribution in [2.45, 2.75) is 64.6 Å². The minimum absolute atomic E-state index is 0.383. The van der Waals surface area contributed by atoms with Gasteiger partial charge in [-0.1, -0.05) is 13.3 Å². The average Bonchev–Trinajstić information content (AvgIpc) is 3.16. The molecule has 3 fully saturated rings. The summed E-state index contributed by atoms with van der Waals surface area (Å²) in [5, 5.41) is 8.25. The molecular weight excluding hydrogens is 320 g/mol. The maximum absolute atomic E-state index is 6.02. The fraction of sp³-hybridized carbons (Fsp3) is 0.778. The van der Waals surface area contributed by atoms with Gasteiger partial charge in [0.15, 0.2) is 5.96 Å². The molecule has 2 aliphatic carbocycles. The van der Waals surface area contributed by atoms with Crippen molar-refractivity contribution in [3.63, 3.8) is 0 Å². The van der Waals surface area contributed by atoms with E-state index in [0.29, 0.717) is 30.0 Å². The molecule has 24 heavy (non-hydrogen) atoms. The van der Waals surface area contributed by atoms with Crippen molar-refractivity contribution in [2.24, 2.45) is 16.3 Å². The van der Waals surface area contributed by atoms with Crippen molar-refractivity contribution >= 4 is 17.3 Å². The molecule has 3 atom stereocenters. The number of ether oxygens (including phenoxy) is 1. The number of hydrogen-bond donors (Lipinski definition) is 2. The van der Waals surface area contributed by atoms with Crippen molar-refractivity contribution in [3.8, 4) is 0 Å². The van der Waals surface area contributed by atoms with E-state index >= 15 is 0 Å². The highest BCUT2D eigenvalue weighted by molar-refractivity contribution is 7.11. The molecule has 0 radical (unpaired) electrons. The van der Waals surface area contributed by atoms with E-state index in [-0.39, 0.29) is 0 Å². The Morgan fingerprint density at radius 2 is 2.33 bits per heavy atom. The van der Waals surface area contributed by atoms with Gasteiger partial charge in [-0.25, -0.2) is 9.98 Å². The monoisotopic (exact) mass is 348 g/mol. The number of aryl methyl sites for hydroxylation is 1. The van der Waals surface area contributed by atoms with E-state index in [0.717, 1.165) is 30.5 Å². The van der Waals surface area contributed by atoms with Crippen LogP contribution in [0.15, 0.2) is 11.2 Å². The van der Waals surface area contributed by atoms with E-state index in [9.17, 15) is 0 Å². The Labute approximate surface area is 148 Å². The summed E-state index contributed by atoms with van der Waals surface area (Å²) in [5.74, 6) is 1.60. The van der Waals surface area contributed by atoms with E-state index in [1.54, 1.807) is 11.3 Å². The van der Waals surface area contributed by atoms with Crippen LogP contribution in [0.3, 0.4) is 0 Å². The number of guanidine groups is 1. The van der Waals surface area contributed by atoms with Gasteiger partial charge in [0.25, 0.3) is 0 Å². The molecule has 1 saturated heterocycles. The number of aromatic nitrogens is 1. The normalized spacial score (nSPS) is 30.6. The molecule has 1 aliphatic heterocycles. The van der Waals surface area contributed by atoms with E-state index in [4.69, 9.17) is 9.73 Å². The Morgan fingerprint density at radius 1 is 1.46 bits per heavy atom. The maximum Gasteiger partial charge on any atom is 0.191 e. The lowest BCUT2D eigenvalue weighted by Crippen LogP contribution is -2.72. The summed E-state index contributed by atoms with van der Waals surface area (Å²) in [4.78, 5) is 10.6. The van der Waals surface area contributed by atoms with Crippen LogP contribution < -0.4 is 10.6 Å². The summed E-state index contributed by atoms with van der Waals surface area (Å²) < 4.78 is 6.02. The number of rotatable bonds is 5. The molecule has 1 spiro atoms. The largest absolute Gasteiger partial charge is 0.377 e. The molecule has 2 saturated carbocycles.